The fourth-order valence-corrected chi connectivity index (χ4v) is 1.76. The van der Waals surface area contributed by atoms with E-state index in [0.29, 0.717) is 35.4 Å². The first-order valence-corrected chi connectivity index (χ1v) is 5.98. The molecule has 0 radical (unpaired) electrons. The molecule has 0 unspecified atom stereocenters. The average Bonchev–Trinajstić information content (AvgIpc) is 2.84. The van der Waals surface area contributed by atoms with Gasteiger partial charge in [0.15, 0.2) is 11.5 Å². The first-order chi connectivity index (χ1) is 9.17. The molecule has 19 heavy (non-hydrogen) atoms. The highest BCUT2D eigenvalue weighted by molar-refractivity contribution is 5.66. The van der Waals surface area contributed by atoms with Crippen LogP contribution >= 0.6 is 0 Å². The maximum absolute atomic E-state index is 5.69. The monoisotopic (exact) mass is 266 g/mol. The molecule has 0 fully saturated rings. The molecule has 1 heterocycles. The Labute approximate surface area is 112 Å². The van der Waals surface area contributed by atoms with E-state index in [1.54, 1.807) is 20.3 Å². The van der Waals surface area contributed by atoms with E-state index in [1.807, 2.05) is 19.9 Å². The second-order valence-electron chi connectivity index (χ2n) is 4.27. The summed E-state index contributed by atoms with van der Waals surface area (Å²) in [4.78, 5) is 0. The Morgan fingerprint density at radius 1 is 1.21 bits per heavy atom. The van der Waals surface area contributed by atoms with Gasteiger partial charge in [0.2, 0.25) is 24.0 Å². The molecule has 5 heteroatoms. The summed E-state index contributed by atoms with van der Waals surface area (Å²) in [6, 6.07) is 1.75. The van der Waals surface area contributed by atoms with Crippen molar-refractivity contribution in [2.75, 3.05) is 27.6 Å². The van der Waals surface area contributed by atoms with Gasteiger partial charge in [0.05, 0.1) is 14.2 Å². The Balaban J connectivity index is 2.34. The van der Waals surface area contributed by atoms with Crippen LogP contribution < -0.4 is 23.7 Å². The molecule has 0 N–H and O–H groups in total. The lowest BCUT2D eigenvalue weighted by atomic mass is 10.2. The van der Waals surface area contributed by atoms with Gasteiger partial charge in [-0.2, -0.15) is 0 Å². The number of hydrogen-bond donors (Lipinski definition) is 0. The minimum atomic E-state index is 0.173. The summed E-state index contributed by atoms with van der Waals surface area (Å²) >= 11 is 0. The predicted octanol–water partition coefficient (Wildman–Crippen LogP) is 2.78. The van der Waals surface area contributed by atoms with Gasteiger partial charge in [-0.05, 0) is 19.9 Å². The number of benzene rings is 1. The first kappa shape index (κ1) is 13.4. The molecule has 0 saturated carbocycles. The van der Waals surface area contributed by atoms with Crippen LogP contribution in [0.4, 0.5) is 0 Å². The first-order valence-electron chi connectivity index (χ1n) is 5.98. The van der Waals surface area contributed by atoms with E-state index >= 15 is 0 Å². The Bertz CT molecular complexity index is 489. The summed E-state index contributed by atoms with van der Waals surface area (Å²) in [6.45, 7) is 4.66. The Kier molecular flexibility index (Phi) is 4.04. The lowest BCUT2D eigenvalue weighted by Crippen LogP contribution is -1.99. The quantitative estimate of drug-likeness (QED) is 0.767. The number of ether oxygens (including phenoxy) is 5. The molecule has 2 rings (SSSR count). The summed E-state index contributed by atoms with van der Waals surface area (Å²) in [5.74, 6) is 2.72. The lowest BCUT2D eigenvalue weighted by Gasteiger charge is -2.14. The van der Waals surface area contributed by atoms with Crippen molar-refractivity contribution in [3.8, 4) is 28.7 Å². The van der Waals surface area contributed by atoms with Gasteiger partial charge in [-0.1, -0.05) is 5.57 Å². The van der Waals surface area contributed by atoms with Crippen molar-refractivity contribution in [2.45, 2.75) is 13.8 Å². The fourth-order valence-electron chi connectivity index (χ4n) is 1.76. The van der Waals surface area contributed by atoms with Crippen LogP contribution in [-0.2, 0) is 0 Å². The van der Waals surface area contributed by atoms with E-state index in [1.165, 1.54) is 5.57 Å². The third-order valence-corrected chi connectivity index (χ3v) is 2.68. The maximum Gasteiger partial charge on any atom is 0.231 e. The minimum absolute atomic E-state index is 0.173. The molecular weight excluding hydrogens is 248 g/mol. The van der Waals surface area contributed by atoms with Crippen LogP contribution in [0.2, 0.25) is 0 Å². The van der Waals surface area contributed by atoms with Gasteiger partial charge >= 0.3 is 0 Å². The molecule has 0 saturated heterocycles. The standard InChI is InChI=1S/C14H18O5/c1-9(2)5-6-17-10-7-11-13(19-8-18-11)14(16-4)12(10)15-3/h5,7H,6,8H2,1-4H3. The van der Waals surface area contributed by atoms with Crippen LogP contribution in [-0.4, -0.2) is 27.6 Å². The van der Waals surface area contributed by atoms with Crippen LogP contribution in [0, 0.1) is 0 Å². The van der Waals surface area contributed by atoms with Gasteiger partial charge in [-0.25, -0.2) is 0 Å². The number of fused-ring (bicyclic) bond motifs is 1. The molecule has 0 amide bonds. The fraction of sp³-hybridized carbons (Fsp3) is 0.429. The van der Waals surface area contributed by atoms with Gasteiger partial charge in [0.1, 0.15) is 6.61 Å². The molecule has 104 valence electrons. The lowest BCUT2D eigenvalue weighted by molar-refractivity contribution is 0.170. The molecule has 0 aliphatic carbocycles. The Morgan fingerprint density at radius 2 is 1.95 bits per heavy atom. The molecular formula is C14H18O5. The molecule has 1 aliphatic heterocycles. The van der Waals surface area contributed by atoms with Crippen molar-refractivity contribution >= 4 is 0 Å². The number of methoxy groups -OCH3 is 2. The molecule has 1 aliphatic rings. The topological polar surface area (TPSA) is 46.2 Å². The zero-order valence-electron chi connectivity index (χ0n) is 11.6. The molecule has 1 aromatic rings. The van der Waals surface area contributed by atoms with Gasteiger partial charge < -0.3 is 23.7 Å². The van der Waals surface area contributed by atoms with Crippen molar-refractivity contribution in [2.24, 2.45) is 0 Å². The molecule has 0 aromatic heterocycles. The van der Waals surface area contributed by atoms with Crippen LogP contribution in [0.5, 0.6) is 28.7 Å². The van der Waals surface area contributed by atoms with Crippen molar-refractivity contribution in [1.29, 1.82) is 0 Å². The van der Waals surface area contributed by atoms with Gasteiger partial charge in [0, 0.05) is 6.07 Å². The van der Waals surface area contributed by atoms with Crippen LogP contribution in [0.1, 0.15) is 13.8 Å². The van der Waals surface area contributed by atoms with E-state index in [0.717, 1.165) is 0 Å². The average molecular weight is 266 g/mol. The van der Waals surface area contributed by atoms with Crippen LogP contribution in [0.3, 0.4) is 0 Å². The molecule has 0 atom stereocenters. The second kappa shape index (κ2) is 5.73. The zero-order valence-corrected chi connectivity index (χ0v) is 11.6. The Hall–Kier alpha value is -2.04. The SMILES string of the molecule is COc1c(OCC=C(C)C)cc2c(c1OC)OCO2. The summed E-state index contributed by atoms with van der Waals surface area (Å²) in [6.07, 6.45) is 1.98. The van der Waals surface area contributed by atoms with Gasteiger partial charge in [-0.15, -0.1) is 0 Å². The summed E-state index contributed by atoms with van der Waals surface area (Å²) in [5.41, 5.74) is 1.19. The second-order valence-corrected chi connectivity index (χ2v) is 4.27. The molecule has 0 bridgehead atoms. The largest absolute Gasteiger partial charge is 0.490 e. The van der Waals surface area contributed by atoms with Crippen LogP contribution in [0.15, 0.2) is 17.7 Å². The summed E-state index contributed by atoms with van der Waals surface area (Å²) < 4.78 is 27.1. The normalized spacial score (nSPS) is 12.0. The minimum Gasteiger partial charge on any atom is -0.490 e. The number of allylic oxidation sites excluding steroid dienone is 1. The van der Waals surface area contributed by atoms with E-state index in [2.05, 4.69) is 0 Å². The van der Waals surface area contributed by atoms with Crippen molar-refractivity contribution in [1.82, 2.24) is 0 Å². The van der Waals surface area contributed by atoms with E-state index in [9.17, 15) is 0 Å². The Morgan fingerprint density at radius 3 is 2.58 bits per heavy atom. The summed E-state index contributed by atoms with van der Waals surface area (Å²) in [5, 5.41) is 0. The third kappa shape index (κ3) is 2.70. The number of rotatable bonds is 5. The highest BCUT2D eigenvalue weighted by Gasteiger charge is 2.26. The highest BCUT2D eigenvalue weighted by atomic mass is 16.7. The summed E-state index contributed by atoms with van der Waals surface area (Å²) in [7, 11) is 3.12. The smallest absolute Gasteiger partial charge is 0.231 e. The van der Waals surface area contributed by atoms with E-state index < -0.39 is 0 Å². The molecule has 5 nitrogen and oxygen atoms in total. The van der Waals surface area contributed by atoms with Crippen molar-refractivity contribution in [3.05, 3.63) is 17.7 Å². The van der Waals surface area contributed by atoms with E-state index in [-0.39, 0.29) is 6.79 Å². The van der Waals surface area contributed by atoms with Crippen molar-refractivity contribution in [3.63, 3.8) is 0 Å². The third-order valence-electron chi connectivity index (χ3n) is 2.68. The molecule has 0 spiro atoms. The highest BCUT2D eigenvalue weighted by Crippen LogP contribution is 2.52. The zero-order chi connectivity index (χ0) is 13.8. The van der Waals surface area contributed by atoms with Gasteiger partial charge in [0.25, 0.3) is 0 Å². The van der Waals surface area contributed by atoms with Gasteiger partial charge in [-0.3, -0.25) is 0 Å². The molecule has 1 aromatic carbocycles. The van der Waals surface area contributed by atoms with Crippen LogP contribution in [0.25, 0.3) is 0 Å². The van der Waals surface area contributed by atoms with E-state index in [4.69, 9.17) is 23.7 Å². The number of hydrogen-bond acceptors (Lipinski definition) is 5. The maximum atomic E-state index is 5.69. The van der Waals surface area contributed by atoms with Crippen molar-refractivity contribution < 1.29 is 23.7 Å². The predicted molar refractivity (Wildman–Crippen MR) is 70.6 cm³/mol.